The summed E-state index contributed by atoms with van der Waals surface area (Å²) in [6.07, 6.45) is 4.20. The Labute approximate surface area is 92.0 Å². The van der Waals surface area contributed by atoms with Crippen LogP contribution in [0.15, 0.2) is 0 Å². The monoisotopic (exact) mass is 220 g/mol. The van der Waals surface area contributed by atoms with Gasteiger partial charge >= 0.3 is 0 Å². The fraction of sp³-hybridized carbons (Fsp3) is 1.00. The van der Waals surface area contributed by atoms with Crippen LogP contribution in [0.1, 0.15) is 47.0 Å². The first-order valence-corrected chi connectivity index (χ1v) is 7.86. The number of hydrogen-bond acceptors (Lipinski definition) is 2. The molecule has 0 aliphatic heterocycles. The van der Waals surface area contributed by atoms with Crippen LogP contribution in [0.5, 0.6) is 0 Å². The van der Waals surface area contributed by atoms with Crippen LogP contribution in [0.2, 0.25) is 0 Å². The molecule has 0 saturated heterocycles. The Morgan fingerprint density at radius 3 is 2.08 bits per heavy atom. The maximum atomic E-state index is 2.31. The standard InChI is InChI=1S/C11H24S2/c1-10(2)7-5-6-8-12-13-9-11(3)4/h10-11H,5-9H2,1-4H3. The van der Waals surface area contributed by atoms with Gasteiger partial charge in [0, 0.05) is 11.5 Å². The number of unbranched alkanes of at least 4 members (excludes halogenated alkanes) is 1. The average Bonchev–Trinajstić information content (AvgIpc) is 2.01. The van der Waals surface area contributed by atoms with E-state index in [-0.39, 0.29) is 0 Å². The molecule has 80 valence electrons. The van der Waals surface area contributed by atoms with Gasteiger partial charge in [0.05, 0.1) is 0 Å². The molecule has 0 radical (unpaired) electrons. The van der Waals surface area contributed by atoms with Crippen LogP contribution in [-0.4, -0.2) is 11.5 Å². The smallest absolute Gasteiger partial charge is 0.00600 e. The molecule has 0 aliphatic rings. The van der Waals surface area contributed by atoms with Crippen LogP contribution < -0.4 is 0 Å². The highest BCUT2D eigenvalue weighted by Gasteiger charge is 1.96. The SMILES string of the molecule is CC(C)CCCCSSCC(C)C. The van der Waals surface area contributed by atoms with Gasteiger partial charge in [-0.15, -0.1) is 0 Å². The minimum absolute atomic E-state index is 0.841. The van der Waals surface area contributed by atoms with Crippen LogP contribution in [0, 0.1) is 11.8 Å². The van der Waals surface area contributed by atoms with Gasteiger partial charge in [0.15, 0.2) is 0 Å². The largest absolute Gasteiger partial charge is 0.0941 e. The van der Waals surface area contributed by atoms with Crippen molar-refractivity contribution in [3.63, 3.8) is 0 Å². The highest BCUT2D eigenvalue weighted by atomic mass is 33.1. The second-order valence-corrected chi connectivity index (χ2v) is 7.02. The summed E-state index contributed by atoms with van der Waals surface area (Å²) < 4.78 is 0. The molecule has 0 bridgehead atoms. The quantitative estimate of drug-likeness (QED) is 0.423. The highest BCUT2D eigenvalue weighted by Crippen LogP contribution is 2.25. The molecule has 0 aromatic rings. The first-order valence-electron chi connectivity index (χ1n) is 5.37. The van der Waals surface area contributed by atoms with E-state index in [0.29, 0.717) is 0 Å². The number of hydrogen-bond donors (Lipinski definition) is 0. The molecule has 0 nitrogen and oxygen atoms in total. The minimum atomic E-state index is 0.841. The van der Waals surface area contributed by atoms with E-state index in [0.717, 1.165) is 11.8 Å². The molecule has 0 aromatic carbocycles. The van der Waals surface area contributed by atoms with E-state index in [1.807, 2.05) is 21.6 Å². The molecule has 2 heteroatoms. The van der Waals surface area contributed by atoms with Gasteiger partial charge in [0.1, 0.15) is 0 Å². The summed E-state index contributed by atoms with van der Waals surface area (Å²) in [6, 6.07) is 0. The van der Waals surface area contributed by atoms with Crippen LogP contribution in [-0.2, 0) is 0 Å². The molecule has 0 spiro atoms. The summed E-state index contributed by atoms with van der Waals surface area (Å²) >= 11 is 0. The molecule has 0 unspecified atom stereocenters. The van der Waals surface area contributed by atoms with E-state index in [4.69, 9.17) is 0 Å². The second-order valence-electron chi connectivity index (χ2n) is 4.39. The van der Waals surface area contributed by atoms with E-state index < -0.39 is 0 Å². The van der Waals surface area contributed by atoms with E-state index in [9.17, 15) is 0 Å². The summed E-state index contributed by atoms with van der Waals surface area (Å²) in [7, 11) is 4.09. The Kier molecular flexibility index (Phi) is 9.76. The third-order valence-electron chi connectivity index (χ3n) is 1.74. The van der Waals surface area contributed by atoms with E-state index in [1.54, 1.807) is 0 Å². The van der Waals surface area contributed by atoms with Crippen molar-refractivity contribution in [3.05, 3.63) is 0 Å². The zero-order chi connectivity index (χ0) is 10.1. The zero-order valence-corrected chi connectivity index (χ0v) is 11.1. The molecule has 0 N–H and O–H groups in total. The van der Waals surface area contributed by atoms with Crippen LogP contribution >= 0.6 is 21.6 Å². The van der Waals surface area contributed by atoms with Crippen molar-refractivity contribution in [2.24, 2.45) is 11.8 Å². The van der Waals surface area contributed by atoms with Gasteiger partial charge in [-0.3, -0.25) is 0 Å². The maximum absolute atomic E-state index is 2.31. The summed E-state index contributed by atoms with van der Waals surface area (Å²) in [5.74, 6) is 4.36. The zero-order valence-electron chi connectivity index (χ0n) is 9.51. The lowest BCUT2D eigenvalue weighted by atomic mass is 10.1. The molecule has 13 heavy (non-hydrogen) atoms. The molecular weight excluding hydrogens is 196 g/mol. The van der Waals surface area contributed by atoms with Gasteiger partial charge in [-0.05, 0) is 18.3 Å². The molecule has 0 fully saturated rings. The summed E-state index contributed by atoms with van der Waals surface area (Å²) in [5, 5.41) is 0. The second kappa shape index (κ2) is 9.26. The van der Waals surface area contributed by atoms with Crippen molar-refractivity contribution in [1.82, 2.24) is 0 Å². The fourth-order valence-electron chi connectivity index (χ4n) is 0.957. The Bertz CT molecular complexity index is 88.3. The Balaban J connectivity index is 2.92. The molecular formula is C11H24S2. The molecule has 0 amide bonds. The first-order chi connectivity index (χ1) is 6.13. The highest BCUT2D eigenvalue weighted by molar-refractivity contribution is 8.76. The van der Waals surface area contributed by atoms with Gasteiger partial charge in [-0.1, -0.05) is 62.1 Å². The Morgan fingerprint density at radius 1 is 0.846 bits per heavy atom. The summed E-state index contributed by atoms with van der Waals surface area (Å²) in [6.45, 7) is 9.18. The van der Waals surface area contributed by atoms with Gasteiger partial charge in [-0.2, -0.15) is 0 Å². The summed E-state index contributed by atoms with van der Waals surface area (Å²) in [5.41, 5.74) is 0. The third kappa shape index (κ3) is 12.7. The molecule has 0 heterocycles. The Morgan fingerprint density at radius 2 is 1.54 bits per heavy atom. The van der Waals surface area contributed by atoms with Crippen LogP contribution in [0.4, 0.5) is 0 Å². The molecule has 0 aromatic heterocycles. The maximum Gasteiger partial charge on any atom is 0.00600 e. The lowest BCUT2D eigenvalue weighted by Crippen LogP contribution is -1.89. The summed E-state index contributed by atoms with van der Waals surface area (Å²) in [4.78, 5) is 0. The van der Waals surface area contributed by atoms with E-state index >= 15 is 0 Å². The predicted molar refractivity (Wildman–Crippen MR) is 68.4 cm³/mol. The van der Waals surface area contributed by atoms with Crippen LogP contribution in [0.3, 0.4) is 0 Å². The molecule has 0 atom stereocenters. The van der Waals surface area contributed by atoms with E-state index in [2.05, 4.69) is 27.7 Å². The van der Waals surface area contributed by atoms with Gasteiger partial charge < -0.3 is 0 Å². The van der Waals surface area contributed by atoms with Crippen molar-refractivity contribution in [2.75, 3.05) is 11.5 Å². The lowest BCUT2D eigenvalue weighted by Gasteiger charge is -2.05. The lowest BCUT2D eigenvalue weighted by molar-refractivity contribution is 0.552. The normalized spacial score (nSPS) is 11.5. The predicted octanol–water partition coefficient (Wildman–Crippen LogP) is 4.85. The van der Waals surface area contributed by atoms with Gasteiger partial charge in [-0.25, -0.2) is 0 Å². The van der Waals surface area contributed by atoms with Crippen molar-refractivity contribution in [2.45, 2.75) is 47.0 Å². The van der Waals surface area contributed by atoms with E-state index in [1.165, 1.54) is 30.8 Å². The van der Waals surface area contributed by atoms with Crippen molar-refractivity contribution in [3.8, 4) is 0 Å². The molecule has 0 saturated carbocycles. The minimum Gasteiger partial charge on any atom is -0.0941 e. The van der Waals surface area contributed by atoms with Crippen molar-refractivity contribution < 1.29 is 0 Å². The first kappa shape index (κ1) is 13.7. The van der Waals surface area contributed by atoms with Gasteiger partial charge in [0.2, 0.25) is 0 Å². The number of rotatable bonds is 8. The van der Waals surface area contributed by atoms with Crippen LogP contribution in [0.25, 0.3) is 0 Å². The fourth-order valence-corrected chi connectivity index (χ4v) is 3.58. The topological polar surface area (TPSA) is 0 Å². The average molecular weight is 220 g/mol. The van der Waals surface area contributed by atoms with Crippen molar-refractivity contribution in [1.29, 1.82) is 0 Å². The Hall–Kier alpha value is 0.700. The van der Waals surface area contributed by atoms with Crippen molar-refractivity contribution >= 4 is 21.6 Å². The molecule has 0 aliphatic carbocycles. The molecule has 0 rings (SSSR count). The third-order valence-corrected chi connectivity index (χ3v) is 4.58. The van der Waals surface area contributed by atoms with Gasteiger partial charge in [0.25, 0.3) is 0 Å².